The molecule has 1 amide bonds. The van der Waals surface area contributed by atoms with E-state index in [0.29, 0.717) is 5.41 Å². The molecule has 1 fully saturated rings. The fraction of sp³-hybridized carbons (Fsp3) is 0.588. The van der Waals surface area contributed by atoms with Gasteiger partial charge in [0, 0.05) is 25.7 Å². The first-order valence-corrected chi connectivity index (χ1v) is 7.71. The molecule has 110 valence electrons. The van der Waals surface area contributed by atoms with Gasteiger partial charge in [-0.15, -0.1) is 0 Å². The number of anilines is 1. The Morgan fingerprint density at radius 1 is 1.20 bits per heavy atom. The van der Waals surface area contributed by atoms with Crippen molar-refractivity contribution in [3.05, 3.63) is 29.8 Å². The lowest BCUT2D eigenvalue weighted by Gasteiger charge is -2.27. The number of carbonyl (C=O) groups is 1. The second-order valence-corrected chi connectivity index (χ2v) is 6.04. The molecule has 3 heteroatoms. The molecule has 0 bridgehead atoms. The fourth-order valence-corrected chi connectivity index (χ4v) is 3.16. The monoisotopic (exact) mass is 274 g/mol. The Bertz CT molecular complexity index is 433. The second-order valence-electron chi connectivity index (χ2n) is 6.04. The van der Waals surface area contributed by atoms with Crippen LogP contribution in [0.15, 0.2) is 24.3 Å². The van der Waals surface area contributed by atoms with Gasteiger partial charge in [0.25, 0.3) is 0 Å². The van der Waals surface area contributed by atoms with Crippen LogP contribution in [0.5, 0.6) is 0 Å². The Morgan fingerprint density at radius 3 is 2.40 bits per heavy atom. The van der Waals surface area contributed by atoms with Crippen molar-refractivity contribution in [1.29, 1.82) is 0 Å². The molecule has 1 aliphatic carbocycles. The largest absolute Gasteiger partial charge is 0.326 e. The highest BCUT2D eigenvalue weighted by Gasteiger charge is 2.31. The minimum atomic E-state index is -0.0259. The van der Waals surface area contributed by atoms with Gasteiger partial charge in [-0.1, -0.05) is 31.9 Å². The molecule has 1 aromatic rings. The molecule has 2 rings (SSSR count). The lowest BCUT2D eigenvalue weighted by Crippen LogP contribution is -2.31. The van der Waals surface area contributed by atoms with Crippen LogP contribution in [0.2, 0.25) is 0 Å². The van der Waals surface area contributed by atoms with Gasteiger partial charge < -0.3 is 10.6 Å². The van der Waals surface area contributed by atoms with E-state index in [0.717, 1.165) is 18.8 Å². The molecule has 3 nitrogen and oxygen atoms in total. The third-order valence-corrected chi connectivity index (χ3v) is 4.52. The highest BCUT2D eigenvalue weighted by Crippen LogP contribution is 2.40. The van der Waals surface area contributed by atoms with E-state index < -0.39 is 0 Å². The Kier molecular flexibility index (Phi) is 5.18. The second kappa shape index (κ2) is 6.89. The SMILES string of the molecule is CCC1(CNCc2ccc(NC(C)=O)cc2)CCCC1. The third-order valence-electron chi connectivity index (χ3n) is 4.52. The lowest BCUT2D eigenvalue weighted by atomic mass is 9.83. The number of amides is 1. The van der Waals surface area contributed by atoms with Gasteiger partial charge in [-0.05, 0) is 42.4 Å². The van der Waals surface area contributed by atoms with E-state index in [2.05, 4.69) is 29.7 Å². The van der Waals surface area contributed by atoms with Crippen LogP contribution in [-0.2, 0) is 11.3 Å². The van der Waals surface area contributed by atoms with Crippen molar-refractivity contribution in [3.8, 4) is 0 Å². The fourth-order valence-electron chi connectivity index (χ4n) is 3.16. The summed E-state index contributed by atoms with van der Waals surface area (Å²) in [5.41, 5.74) is 2.67. The molecule has 2 N–H and O–H groups in total. The van der Waals surface area contributed by atoms with E-state index in [9.17, 15) is 4.79 Å². The van der Waals surface area contributed by atoms with Crippen LogP contribution >= 0.6 is 0 Å². The van der Waals surface area contributed by atoms with Crippen LogP contribution in [0.4, 0.5) is 5.69 Å². The van der Waals surface area contributed by atoms with Crippen molar-refractivity contribution in [3.63, 3.8) is 0 Å². The van der Waals surface area contributed by atoms with Crippen molar-refractivity contribution >= 4 is 11.6 Å². The number of benzene rings is 1. The maximum Gasteiger partial charge on any atom is 0.221 e. The molecule has 0 heterocycles. The van der Waals surface area contributed by atoms with Crippen molar-refractivity contribution in [2.24, 2.45) is 5.41 Å². The average molecular weight is 274 g/mol. The summed E-state index contributed by atoms with van der Waals surface area (Å²) >= 11 is 0. The lowest BCUT2D eigenvalue weighted by molar-refractivity contribution is -0.114. The van der Waals surface area contributed by atoms with Crippen LogP contribution in [-0.4, -0.2) is 12.5 Å². The van der Waals surface area contributed by atoms with E-state index in [4.69, 9.17) is 0 Å². The van der Waals surface area contributed by atoms with Crippen molar-refractivity contribution in [2.75, 3.05) is 11.9 Å². The highest BCUT2D eigenvalue weighted by molar-refractivity contribution is 5.88. The van der Waals surface area contributed by atoms with Gasteiger partial charge in [0.2, 0.25) is 5.91 Å². The Hall–Kier alpha value is -1.35. The first-order valence-electron chi connectivity index (χ1n) is 7.71. The van der Waals surface area contributed by atoms with E-state index in [1.54, 1.807) is 0 Å². The number of nitrogens with one attached hydrogen (secondary N) is 2. The maximum atomic E-state index is 11.0. The Morgan fingerprint density at radius 2 is 1.85 bits per heavy atom. The molecule has 0 aliphatic heterocycles. The maximum absolute atomic E-state index is 11.0. The summed E-state index contributed by atoms with van der Waals surface area (Å²) in [6.45, 7) is 5.87. The summed E-state index contributed by atoms with van der Waals surface area (Å²) < 4.78 is 0. The van der Waals surface area contributed by atoms with Crippen LogP contribution in [0.1, 0.15) is 51.5 Å². The van der Waals surface area contributed by atoms with Gasteiger partial charge in [-0.2, -0.15) is 0 Å². The van der Waals surface area contributed by atoms with Gasteiger partial charge in [-0.25, -0.2) is 0 Å². The van der Waals surface area contributed by atoms with Crippen LogP contribution < -0.4 is 10.6 Å². The van der Waals surface area contributed by atoms with Gasteiger partial charge in [0.05, 0.1) is 0 Å². The van der Waals surface area contributed by atoms with Crippen molar-refractivity contribution < 1.29 is 4.79 Å². The normalized spacial score (nSPS) is 17.1. The molecular formula is C17H26N2O. The quantitative estimate of drug-likeness (QED) is 0.830. The van der Waals surface area contributed by atoms with Crippen LogP contribution in [0.25, 0.3) is 0 Å². The zero-order valence-corrected chi connectivity index (χ0v) is 12.7. The third kappa shape index (κ3) is 4.07. The molecule has 0 unspecified atom stereocenters. The van der Waals surface area contributed by atoms with E-state index >= 15 is 0 Å². The van der Waals surface area contributed by atoms with E-state index in [1.165, 1.54) is 44.6 Å². The smallest absolute Gasteiger partial charge is 0.221 e. The molecule has 0 spiro atoms. The molecule has 0 atom stereocenters. The summed E-state index contributed by atoms with van der Waals surface area (Å²) in [5, 5.41) is 6.40. The van der Waals surface area contributed by atoms with E-state index in [1.807, 2.05) is 12.1 Å². The zero-order valence-electron chi connectivity index (χ0n) is 12.7. The number of hydrogen-bond acceptors (Lipinski definition) is 2. The van der Waals surface area contributed by atoms with Gasteiger partial charge in [-0.3, -0.25) is 4.79 Å². The molecule has 20 heavy (non-hydrogen) atoms. The first-order chi connectivity index (χ1) is 9.63. The average Bonchev–Trinajstić information content (AvgIpc) is 2.90. The number of hydrogen-bond donors (Lipinski definition) is 2. The first kappa shape index (κ1) is 15.0. The predicted octanol–water partition coefficient (Wildman–Crippen LogP) is 3.71. The van der Waals surface area contributed by atoms with Crippen molar-refractivity contribution in [2.45, 2.75) is 52.5 Å². The minimum absolute atomic E-state index is 0.0259. The molecule has 1 aromatic carbocycles. The van der Waals surface area contributed by atoms with Crippen LogP contribution in [0, 0.1) is 5.41 Å². The summed E-state index contributed by atoms with van der Waals surface area (Å²) in [7, 11) is 0. The van der Waals surface area contributed by atoms with Gasteiger partial charge >= 0.3 is 0 Å². The highest BCUT2D eigenvalue weighted by atomic mass is 16.1. The predicted molar refractivity (Wildman–Crippen MR) is 83.6 cm³/mol. The summed E-state index contributed by atoms with van der Waals surface area (Å²) in [6, 6.07) is 8.07. The molecule has 0 aromatic heterocycles. The number of rotatable bonds is 6. The molecule has 1 saturated carbocycles. The van der Waals surface area contributed by atoms with Crippen LogP contribution in [0.3, 0.4) is 0 Å². The topological polar surface area (TPSA) is 41.1 Å². The Balaban J connectivity index is 1.80. The summed E-state index contributed by atoms with van der Waals surface area (Å²) in [6.07, 6.45) is 6.80. The zero-order chi connectivity index (χ0) is 14.4. The molecule has 0 radical (unpaired) electrons. The van der Waals surface area contributed by atoms with Gasteiger partial charge in [0.15, 0.2) is 0 Å². The number of carbonyl (C=O) groups excluding carboxylic acids is 1. The van der Waals surface area contributed by atoms with E-state index in [-0.39, 0.29) is 5.91 Å². The van der Waals surface area contributed by atoms with Gasteiger partial charge in [0.1, 0.15) is 0 Å². The Labute approximate surface area is 122 Å². The summed E-state index contributed by atoms with van der Waals surface area (Å²) in [4.78, 5) is 11.0. The summed E-state index contributed by atoms with van der Waals surface area (Å²) in [5.74, 6) is -0.0259. The minimum Gasteiger partial charge on any atom is -0.326 e. The molecular weight excluding hydrogens is 248 g/mol. The standard InChI is InChI=1S/C17H26N2O/c1-3-17(10-4-5-11-17)13-18-12-15-6-8-16(9-7-15)19-14(2)20/h6-9,18H,3-5,10-13H2,1-2H3,(H,19,20). The molecule has 1 aliphatic rings. The van der Waals surface area contributed by atoms with Crippen molar-refractivity contribution in [1.82, 2.24) is 5.32 Å². The molecule has 0 saturated heterocycles.